The van der Waals surface area contributed by atoms with Crippen LogP contribution in [0.25, 0.3) is 0 Å². The van der Waals surface area contributed by atoms with Crippen molar-refractivity contribution in [3.8, 4) is 0 Å². The van der Waals surface area contributed by atoms with Crippen molar-refractivity contribution < 1.29 is 0 Å². The molecule has 2 N–H and O–H groups in total. The minimum Gasteiger partial charge on any atom is -0.383 e. The Bertz CT molecular complexity index is 526. The maximum absolute atomic E-state index is 5.99. The van der Waals surface area contributed by atoms with Crippen LogP contribution in [0.5, 0.6) is 0 Å². The van der Waals surface area contributed by atoms with E-state index in [1.807, 2.05) is 24.0 Å². The molecule has 2 heterocycles. The lowest BCUT2D eigenvalue weighted by atomic mass is 10.3. The van der Waals surface area contributed by atoms with Crippen molar-refractivity contribution in [1.82, 2.24) is 19.6 Å². The Balaban J connectivity index is 2.22. The van der Waals surface area contributed by atoms with Gasteiger partial charge in [0, 0.05) is 17.8 Å². The highest BCUT2D eigenvalue weighted by atomic mass is 35.5. The summed E-state index contributed by atoms with van der Waals surface area (Å²) in [5, 5.41) is 9.08. The van der Waals surface area contributed by atoms with Gasteiger partial charge in [-0.2, -0.15) is 10.2 Å². The van der Waals surface area contributed by atoms with Crippen molar-refractivity contribution in [1.29, 1.82) is 0 Å². The quantitative estimate of drug-likeness (QED) is 0.913. The molecule has 0 saturated heterocycles. The summed E-state index contributed by atoms with van der Waals surface area (Å²) < 4.78 is 3.60. The van der Waals surface area contributed by atoms with E-state index in [4.69, 9.17) is 17.3 Å². The second-order valence-electron chi connectivity index (χ2n) is 4.36. The van der Waals surface area contributed by atoms with E-state index in [1.54, 1.807) is 4.68 Å². The Kier molecular flexibility index (Phi) is 3.11. The molecule has 2 aromatic rings. The highest BCUT2D eigenvalue weighted by molar-refractivity contribution is 6.33. The van der Waals surface area contributed by atoms with Crippen LogP contribution in [0.3, 0.4) is 0 Å². The monoisotopic (exact) mass is 253 g/mol. The molecule has 0 aliphatic carbocycles. The van der Waals surface area contributed by atoms with E-state index in [2.05, 4.69) is 24.0 Å². The molecule has 0 aromatic carbocycles. The molecule has 0 bridgehead atoms. The maximum Gasteiger partial charge on any atom is 0.141 e. The molecule has 5 nitrogen and oxygen atoms in total. The van der Waals surface area contributed by atoms with Gasteiger partial charge in [0.15, 0.2) is 0 Å². The predicted molar refractivity (Wildman–Crippen MR) is 68.1 cm³/mol. The largest absolute Gasteiger partial charge is 0.383 e. The summed E-state index contributed by atoms with van der Waals surface area (Å²) in [6.45, 7) is 6.60. The molecule has 0 aliphatic heterocycles. The van der Waals surface area contributed by atoms with Gasteiger partial charge in [-0.25, -0.2) is 4.68 Å². The van der Waals surface area contributed by atoms with Crippen LogP contribution in [0, 0.1) is 6.92 Å². The zero-order valence-electron chi connectivity index (χ0n) is 10.2. The third-order valence-electron chi connectivity index (χ3n) is 2.61. The van der Waals surface area contributed by atoms with Gasteiger partial charge in [0.1, 0.15) is 10.8 Å². The van der Waals surface area contributed by atoms with Gasteiger partial charge in [0.2, 0.25) is 0 Å². The molecule has 0 amide bonds. The number of aromatic nitrogens is 4. The Morgan fingerprint density at radius 1 is 1.47 bits per heavy atom. The van der Waals surface area contributed by atoms with Crippen LogP contribution >= 0.6 is 11.6 Å². The van der Waals surface area contributed by atoms with Crippen molar-refractivity contribution in [2.75, 3.05) is 5.73 Å². The molecule has 0 spiro atoms. The van der Waals surface area contributed by atoms with E-state index in [0.29, 0.717) is 23.4 Å². The van der Waals surface area contributed by atoms with Gasteiger partial charge < -0.3 is 5.73 Å². The van der Waals surface area contributed by atoms with Crippen molar-refractivity contribution in [2.24, 2.45) is 0 Å². The van der Waals surface area contributed by atoms with Crippen LogP contribution in [0.15, 0.2) is 12.4 Å². The summed E-state index contributed by atoms with van der Waals surface area (Å²) in [5.74, 6) is 0.501. The number of rotatable bonds is 3. The van der Waals surface area contributed by atoms with Gasteiger partial charge in [-0.3, -0.25) is 4.68 Å². The van der Waals surface area contributed by atoms with Gasteiger partial charge in [0.05, 0.1) is 18.4 Å². The summed E-state index contributed by atoms with van der Waals surface area (Å²) in [6, 6.07) is 0.351. The van der Waals surface area contributed by atoms with E-state index < -0.39 is 0 Å². The molecule has 92 valence electrons. The first-order valence-corrected chi connectivity index (χ1v) is 5.88. The Labute approximate surface area is 105 Å². The number of nitrogens with two attached hydrogens (primary N) is 1. The van der Waals surface area contributed by atoms with Crippen molar-refractivity contribution in [2.45, 2.75) is 33.4 Å². The van der Waals surface area contributed by atoms with Crippen LogP contribution in [0.1, 0.15) is 31.1 Å². The lowest BCUT2D eigenvalue weighted by Gasteiger charge is -2.04. The third-order valence-corrected chi connectivity index (χ3v) is 3.07. The summed E-state index contributed by atoms with van der Waals surface area (Å²) in [7, 11) is 0. The molecule has 6 heteroatoms. The fourth-order valence-corrected chi connectivity index (χ4v) is 1.75. The topological polar surface area (TPSA) is 61.7 Å². The maximum atomic E-state index is 5.99. The number of aryl methyl sites for hydroxylation is 1. The average Bonchev–Trinajstić information content (AvgIpc) is 2.82. The summed E-state index contributed by atoms with van der Waals surface area (Å²) in [4.78, 5) is 0. The normalized spacial score (nSPS) is 11.4. The van der Waals surface area contributed by atoms with Crippen LogP contribution in [0.2, 0.25) is 5.02 Å². The first kappa shape index (κ1) is 12.0. The smallest absolute Gasteiger partial charge is 0.141 e. The minimum absolute atomic E-state index is 0.351. The first-order chi connectivity index (χ1) is 7.99. The van der Waals surface area contributed by atoms with E-state index >= 15 is 0 Å². The van der Waals surface area contributed by atoms with Crippen LogP contribution in [0.4, 0.5) is 5.82 Å². The van der Waals surface area contributed by atoms with Crippen molar-refractivity contribution >= 4 is 17.4 Å². The molecule has 0 fully saturated rings. The SMILES string of the molecule is Cc1nn(Cc2cnn(C(C)C)c2)c(N)c1Cl. The third kappa shape index (κ3) is 2.29. The number of hydrogen-bond acceptors (Lipinski definition) is 3. The van der Waals surface area contributed by atoms with Gasteiger partial charge in [0.25, 0.3) is 0 Å². The second kappa shape index (κ2) is 4.41. The summed E-state index contributed by atoms with van der Waals surface area (Å²) in [6.07, 6.45) is 3.82. The van der Waals surface area contributed by atoms with Gasteiger partial charge >= 0.3 is 0 Å². The number of anilines is 1. The lowest BCUT2D eigenvalue weighted by Crippen LogP contribution is -2.05. The van der Waals surface area contributed by atoms with Gasteiger partial charge in [-0.15, -0.1) is 0 Å². The lowest BCUT2D eigenvalue weighted by molar-refractivity contribution is 0.531. The van der Waals surface area contributed by atoms with E-state index in [1.165, 1.54) is 0 Å². The molecular formula is C11H16ClN5. The number of nitrogen functional groups attached to an aromatic ring is 1. The second-order valence-corrected chi connectivity index (χ2v) is 4.74. The van der Waals surface area contributed by atoms with Crippen molar-refractivity contribution in [3.05, 3.63) is 28.7 Å². The minimum atomic E-state index is 0.351. The molecule has 0 radical (unpaired) electrons. The molecule has 2 aromatic heterocycles. The number of nitrogens with zero attached hydrogens (tertiary/aromatic N) is 4. The standard InChI is InChI=1S/C11H16ClN5/c1-7(2)16-5-9(4-14-16)6-17-11(13)10(12)8(3)15-17/h4-5,7H,6,13H2,1-3H3. The van der Waals surface area contributed by atoms with E-state index in [0.717, 1.165) is 11.3 Å². The van der Waals surface area contributed by atoms with Crippen LogP contribution in [-0.4, -0.2) is 19.6 Å². The predicted octanol–water partition coefficient (Wildman–Crippen LogP) is 2.25. The summed E-state index contributed by atoms with van der Waals surface area (Å²) in [5.41, 5.74) is 7.67. The number of hydrogen-bond donors (Lipinski definition) is 1. The Hall–Kier alpha value is -1.49. The average molecular weight is 254 g/mol. The molecular weight excluding hydrogens is 238 g/mol. The molecule has 0 saturated carbocycles. The van der Waals surface area contributed by atoms with Crippen LogP contribution < -0.4 is 5.73 Å². The highest BCUT2D eigenvalue weighted by Crippen LogP contribution is 2.22. The fourth-order valence-electron chi connectivity index (χ4n) is 1.61. The molecule has 17 heavy (non-hydrogen) atoms. The zero-order chi connectivity index (χ0) is 12.6. The Morgan fingerprint density at radius 2 is 2.18 bits per heavy atom. The molecule has 0 unspecified atom stereocenters. The van der Waals surface area contributed by atoms with E-state index in [-0.39, 0.29) is 0 Å². The number of halogens is 1. The van der Waals surface area contributed by atoms with Gasteiger partial charge in [-0.1, -0.05) is 11.6 Å². The zero-order valence-corrected chi connectivity index (χ0v) is 10.9. The van der Waals surface area contributed by atoms with E-state index in [9.17, 15) is 0 Å². The van der Waals surface area contributed by atoms with Crippen LogP contribution in [-0.2, 0) is 6.54 Å². The Morgan fingerprint density at radius 3 is 2.65 bits per heavy atom. The van der Waals surface area contributed by atoms with Gasteiger partial charge in [-0.05, 0) is 20.8 Å². The van der Waals surface area contributed by atoms with Crippen molar-refractivity contribution in [3.63, 3.8) is 0 Å². The first-order valence-electron chi connectivity index (χ1n) is 5.50. The molecule has 0 aliphatic rings. The summed E-state index contributed by atoms with van der Waals surface area (Å²) >= 11 is 5.99. The highest BCUT2D eigenvalue weighted by Gasteiger charge is 2.11. The fraction of sp³-hybridized carbons (Fsp3) is 0.455. The molecule has 2 rings (SSSR count). The molecule has 0 atom stereocenters.